The van der Waals surface area contributed by atoms with Gasteiger partial charge >= 0.3 is 6.01 Å². The molecule has 1 amide bonds. The van der Waals surface area contributed by atoms with E-state index in [1.54, 1.807) is 0 Å². The third-order valence-electron chi connectivity index (χ3n) is 4.56. The maximum absolute atomic E-state index is 12.3. The Morgan fingerprint density at radius 1 is 1.07 bits per heavy atom. The van der Waals surface area contributed by atoms with Gasteiger partial charge in [0.15, 0.2) is 0 Å². The molecular formula is C19H16N4O4. The largest absolute Gasteiger partial charge is 0.403 e. The Hall–Kier alpha value is -3.55. The van der Waals surface area contributed by atoms with Crippen molar-refractivity contribution in [3.05, 3.63) is 69.3 Å². The first kappa shape index (κ1) is 16.9. The normalized spacial score (nSPS) is 13.0. The lowest BCUT2D eigenvalue weighted by atomic mass is 9.90. The molecule has 8 nitrogen and oxygen atoms in total. The molecule has 0 aliphatic heterocycles. The van der Waals surface area contributed by atoms with Gasteiger partial charge in [0.1, 0.15) is 0 Å². The molecule has 0 atom stereocenters. The summed E-state index contributed by atoms with van der Waals surface area (Å²) in [5.41, 5.74) is 3.42. The number of benzene rings is 2. The maximum Gasteiger partial charge on any atom is 0.322 e. The number of non-ortho nitro benzene ring substituents is 1. The number of nitro groups is 1. The molecule has 4 rings (SSSR count). The second kappa shape index (κ2) is 6.99. The van der Waals surface area contributed by atoms with Crippen LogP contribution >= 0.6 is 0 Å². The van der Waals surface area contributed by atoms with Crippen LogP contribution in [-0.2, 0) is 12.8 Å². The van der Waals surface area contributed by atoms with Gasteiger partial charge in [0, 0.05) is 23.3 Å². The van der Waals surface area contributed by atoms with Crippen LogP contribution < -0.4 is 5.32 Å². The molecule has 0 bridgehead atoms. The number of aryl methyl sites for hydroxylation is 2. The third kappa shape index (κ3) is 3.55. The molecule has 1 heterocycles. The Kier molecular flexibility index (Phi) is 4.37. The smallest absolute Gasteiger partial charge is 0.322 e. The SMILES string of the molecule is O=C(Nc1nnc(-c2ccc3c(c2)CCCC3)o1)c1cccc([N+](=O)[O-])c1. The van der Waals surface area contributed by atoms with Crippen molar-refractivity contribution in [1.82, 2.24) is 10.2 Å². The average Bonchev–Trinajstić information content (AvgIpc) is 3.16. The highest BCUT2D eigenvalue weighted by Gasteiger charge is 2.17. The van der Waals surface area contributed by atoms with Crippen LogP contribution in [0.25, 0.3) is 11.5 Å². The molecule has 1 aliphatic rings. The molecule has 0 saturated carbocycles. The molecule has 1 aromatic heterocycles. The van der Waals surface area contributed by atoms with Gasteiger partial charge in [0.2, 0.25) is 5.89 Å². The summed E-state index contributed by atoms with van der Waals surface area (Å²) in [5, 5.41) is 21.1. The predicted molar refractivity (Wildman–Crippen MR) is 97.4 cm³/mol. The number of hydrogen-bond donors (Lipinski definition) is 1. The number of carbonyl (C=O) groups is 1. The minimum Gasteiger partial charge on any atom is -0.403 e. The van der Waals surface area contributed by atoms with Crippen LogP contribution in [0.3, 0.4) is 0 Å². The van der Waals surface area contributed by atoms with E-state index in [9.17, 15) is 14.9 Å². The molecule has 0 fully saturated rings. The second-order valence-corrected chi connectivity index (χ2v) is 6.36. The van der Waals surface area contributed by atoms with Gasteiger partial charge in [-0.25, -0.2) is 0 Å². The van der Waals surface area contributed by atoms with Crippen LogP contribution in [0.1, 0.15) is 34.3 Å². The monoisotopic (exact) mass is 364 g/mol. The molecule has 0 radical (unpaired) electrons. The third-order valence-corrected chi connectivity index (χ3v) is 4.56. The maximum atomic E-state index is 12.3. The minimum atomic E-state index is -0.558. The molecule has 0 unspecified atom stereocenters. The van der Waals surface area contributed by atoms with E-state index < -0.39 is 10.8 Å². The number of amides is 1. The summed E-state index contributed by atoms with van der Waals surface area (Å²) in [7, 11) is 0. The lowest BCUT2D eigenvalue weighted by molar-refractivity contribution is -0.384. The summed E-state index contributed by atoms with van der Waals surface area (Å²) in [5.74, 6) is -0.239. The van der Waals surface area contributed by atoms with Crippen LogP contribution in [-0.4, -0.2) is 21.0 Å². The van der Waals surface area contributed by atoms with E-state index in [4.69, 9.17) is 4.42 Å². The summed E-state index contributed by atoms with van der Waals surface area (Å²) in [6.45, 7) is 0. The van der Waals surface area contributed by atoms with Crippen molar-refractivity contribution in [3.8, 4) is 11.5 Å². The van der Waals surface area contributed by atoms with Crippen molar-refractivity contribution in [1.29, 1.82) is 0 Å². The molecule has 0 saturated heterocycles. The van der Waals surface area contributed by atoms with E-state index in [1.807, 2.05) is 12.1 Å². The first-order chi connectivity index (χ1) is 13.1. The van der Waals surface area contributed by atoms with Crippen molar-refractivity contribution in [2.75, 3.05) is 5.32 Å². The predicted octanol–water partition coefficient (Wildman–Crippen LogP) is 3.78. The van der Waals surface area contributed by atoms with E-state index in [0.29, 0.717) is 5.89 Å². The number of fused-ring (bicyclic) bond motifs is 1. The molecule has 136 valence electrons. The van der Waals surface area contributed by atoms with Gasteiger partial charge < -0.3 is 4.42 Å². The fourth-order valence-corrected chi connectivity index (χ4v) is 3.19. The molecule has 2 aromatic carbocycles. The highest BCUT2D eigenvalue weighted by Crippen LogP contribution is 2.27. The number of aromatic nitrogens is 2. The molecule has 1 aliphatic carbocycles. The van der Waals surface area contributed by atoms with Gasteiger partial charge in [-0.2, -0.15) is 0 Å². The minimum absolute atomic E-state index is 0.0563. The van der Waals surface area contributed by atoms with Crippen molar-refractivity contribution in [2.45, 2.75) is 25.7 Å². The van der Waals surface area contributed by atoms with Gasteiger partial charge in [-0.15, -0.1) is 5.10 Å². The van der Waals surface area contributed by atoms with Crippen molar-refractivity contribution >= 4 is 17.6 Å². The zero-order chi connectivity index (χ0) is 18.8. The fraction of sp³-hybridized carbons (Fsp3) is 0.211. The summed E-state index contributed by atoms with van der Waals surface area (Å²) < 4.78 is 5.54. The van der Waals surface area contributed by atoms with Crippen molar-refractivity contribution < 1.29 is 14.1 Å². The standard InChI is InChI=1S/C19H16N4O4/c24-17(14-6-3-7-16(11-14)23(25)26)20-19-22-21-18(27-19)15-9-8-12-4-1-2-5-13(12)10-15/h3,6-11H,1-2,4-5H2,(H,20,22,24). The Labute approximate surface area is 154 Å². The summed E-state index contributed by atoms with van der Waals surface area (Å²) in [4.78, 5) is 22.5. The van der Waals surface area contributed by atoms with E-state index >= 15 is 0 Å². The van der Waals surface area contributed by atoms with Crippen LogP contribution in [0.15, 0.2) is 46.9 Å². The molecule has 0 spiro atoms. The molecule has 1 N–H and O–H groups in total. The van der Waals surface area contributed by atoms with Crippen molar-refractivity contribution in [2.24, 2.45) is 0 Å². The van der Waals surface area contributed by atoms with Gasteiger partial charge in [-0.05, 0) is 55.0 Å². The van der Waals surface area contributed by atoms with E-state index in [2.05, 4.69) is 21.6 Å². The lowest BCUT2D eigenvalue weighted by Gasteiger charge is -2.15. The number of nitro benzene ring substituents is 1. The fourth-order valence-electron chi connectivity index (χ4n) is 3.19. The number of rotatable bonds is 4. The first-order valence-corrected chi connectivity index (χ1v) is 8.61. The molecule has 8 heteroatoms. The highest BCUT2D eigenvalue weighted by molar-refractivity contribution is 6.03. The van der Waals surface area contributed by atoms with E-state index in [1.165, 1.54) is 48.2 Å². The number of nitrogens with zero attached hydrogens (tertiary/aromatic N) is 3. The van der Waals surface area contributed by atoms with Gasteiger partial charge in [0.25, 0.3) is 11.6 Å². The lowest BCUT2D eigenvalue weighted by Crippen LogP contribution is -2.12. The Morgan fingerprint density at radius 3 is 2.70 bits per heavy atom. The average molecular weight is 364 g/mol. The number of nitrogens with one attached hydrogen (secondary N) is 1. The highest BCUT2D eigenvalue weighted by atomic mass is 16.6. The zero-order valence-corrected chi connectivity index (χ0v) is 14.3. The first-order valence-electron chi connectivity index (χ1n) is 8.61. The number of anilines is 1. The van der Waals surface area contributed by atoms with Gasteiger partial charge in [-0.1, -0.05) is 17.2 Å². The topological polar surface area (TPSA) is 111 Å². The van der Waals surface area contributed by atoms with Crippen LogP contribution in [0.2, 0.25) is 0 Å². The Bertz CT molecular complexity index is 1030. The van der Waals surface area contributed by atoms with Gasteiger partial charge in [0.05, 0.1) is 4.92 Å². The molecular weight excluding hydrogens is 348 g/mol. The summed E-state index contributed by atoms with van der Waals surface area (Å²) in [6, 6.07) is 11.4. The number of carbonyl (C=O) groups excluding carboxylic acids is 1. The second-order valence-electron chi connectivity index (χ2n) is 6.36. The summed E-state index contributed by atoms with van der Waals surface area (Å²) >= 11 is 0. The van der Waals surface area contributed by atoms with Gasteiger partial charge in [-0.3, -0.25) is 20.2 Å². The van der Waals surface area contributed by atoms with Crippen LogP contribution in [0.4, 0.5) is 11.7 Å². The Morgan fingerprint density at radius 2 is 1.89 bits per heavy atom. The van der Waals surface area contributed by atoms with E-state index in [0.717, 1.165) is 18.4 Å². The van der Waals surface area contributed by atoms with E-state index in [-0.39, 0.29) is 17.3 Å². The number of hydrogen-bond acceptors (Lipinski definition) is 6. The molecule has 3 aromatic rings. The van der Waals surface area contributed by atoms with Crippen molar-refractivity contribution in [3.63, 3.8) is 0 Å². The zero-order valence-electron chi connectivity index (χ0n) is 14.3. The van der Waals surface area contributed by atoms with Crippen LogP contribution in [0.5, 0.6) is 0 Å². The van der Waals surface area contributed by atoms with Crippen LogP contribution in [0, 0.1) is 10.1 Å². The molecule has 27 heavy (non-hydrogen) atoms. The Balaban J connectivity index is 1.52. The quantitative estimate of drug-likeness (QED) is 0.557. The summed E-state index contributed by atoms with van der Waals surface area (Å²) in [6.07, 6.45) is 4.50.